The summed E-state index contributed by atoms with van der Waals surface area (Å²) in [4.78, 5) is 31.4. The number of halogens is 4. The summed E-state index contributed by atoms with van der Waals surface area (Å²) in [5.41, 5.74) is -4.38. The van der Waals surface area contributed by atoms with Gasteiger partial charge in [-0.1, -0.05) is 29.8 Å². The molecule has 5 rings (SSSR count). The summed E-state index contributed by atoms with van der Waals surface area (Å²) in [7, 11) is 3.27. The fourth-order valence-corrected chi connectivity index (χ4v) is 8.30. The SMILES string of the molecule is COc1ccc(S(=O)(=O)N2C(=O)C(c3ccccc3OC)(N3C[C@H](OC)C[C@H]3C(=O)N(C)C)c3cc(Cl)c(C(F)(F)F)cc32)c(OC)c1. The molecule has 2 heterocycles. The summed E-state index contributed by atoms with van der Waals surface area (Å²) in [5, 5.41) is -0.785. The summed E-state index contributed by atoms with van der Waals surface area (Å²) >= 11 is 6.32. The number of nitrogens with zero attached hydrogens (tertiary/aromatic N) is 3. The third-order valence-corrected chi connectivity index (χ3v) is 10.7. The molecule has 258 valence electrons. The molecule has 3 aromatic rings. The number of anilines is 1. The molecule has 11 nitrogen and oxygen atoms in total. The Balaban J connectivity index is 1.94. The second kappa shape index (κ2) is 12.8. The fourth-order valence-electron chi connectivity index (χ4n) is 6.44. The molecule has 0 saturated carbocycles. The van der Waals surface area contributed by atoms with Gasteiger partial charge in [0.05, 0.1) is 49.7 Å². The fraction of sp³-hybridized carbons (Fsp3) is 0.375. The number of hydrogen-bond acceptors (Lipinski definition) is 9. The first-order chi connectivity index (χ1) is 22.6. The lowest BCUT2D eigenvalue weighted by molar-refractivity contribution is -0.138. The van der Waals surface area contributed by atoms with Gasteiger partial charge in [-0.15, -0.1) is 0 Å². The average Bonchev–Trinajstić information content (AvgIpc) is 3.59. The number of rotatable bonds is 9. The van der Waals surface area contributed by atoms with Gasteiger partial charge in [0.25, 0.3) is 15.9 Å². The number of fused-ring (bicyclic) bond motifs is 1. The summed E-state index contributed by atoms with van der Waals surface area (Å²) in [5.74, 6) is -1.55. The lowest BCUT2D eigenvalue weighted by Gasteiger charge is -2.42. The Kier molecular flexibility index (Phi) is 9.38. The van der Waals surface area contributed by atoms with Gasteiger partial charge in [0.2, 0.25) is 5.91 Å². The molecule has 2 aliphatic heterocycles. The van der Waals surface area contributed by atoms with Gasteiger partial charge in [-0.25, -0.2) is 12.7 Å². The van der Waals surface area contributed by atoms with Crippen LogP contribution in [0, 0.1) is 0 Å². The largest absolute Gasteiger partial charge is 0.497 e. The van der Waals surface area contributed by atoms with Crippen LogP contribution in [-0.4, -0.2) is 91.3 Å². The number of ether oxygens (including phenoxy) is 4. The Labute approximate surface area is 280 Å². The van der Waals surface area contributed by atoms with Crippen molar-refractivity contribution in [3.8, 4) is 17.2 Å². The third-order valence-electron chi connectivity index (χ3n) is 8.63. The van der Waals surface area contributed by atoms with Crippen LogP contribution in [0.4, 0.5) is 18.9 Å². The smallest absolute Gasteiger partial charge is 0.417 e. The van der Waals surface area contributed by atoms with Gasteiger partial charge in [0, 0.05) is 44.9 Å². The number of alkyl halides is 3. The molecule has 0 N–H and O–H groups in total. The maximum Gasteiger partial charge on any atom is 0.417 e. The van der Waals surface area contributed by atoms with Gasteiger partial charge in [-0.3, -0.25) is 14.5 Å². The van der Waals surface area contributed by atoms with Gasteiger partial charge < -0.3 is 23.8 Å². The Morgan fingerprint density at radius 2 is 1.62 bits per heavy atom. The van der Waals surface area contributed by atoms with Crippen molar-refractivity contribution in [3.05, 3.63) is 76.3 Å². The number of amides is 2. The van der Waals surface area contributed by atoms with Crippen LogP contribution >= 0.6 is 11.6 Å². The van der Waals surface area contributed by atoms with Crippen molar-refractivity contribution in [2.75, 3.05) is 53.4 Å². The number of methoxy groups -OCH3 is 4. The molecule has 0 bridgehead atoms. The molecular formula is C32H33ClF3N3O8S. The monoisotopic (exact) mass is 711 g/mol. The van der Waals surface area contributed by atoms with Crippen LogP contribution in [0.25, 0.3) is 0 Å². The normalized spacial score (nSPS) is 21.3. The number of likely N-dealkylation sites (N-methyl/N-ethyl adjacent to an activating group) is 1. The van der Waals surface area contributed by atoms with Crippen molar-refractivity contribution in [2.24, 2.45) is 0 Å². The number of sulfonamides is 1. The number of likely N-dealkylation sites (tertiary alicyclic amines) is 1. The Morgan fingerprint density at radius 1 is 0.958 bits per heavy atom. The maximum absolute atomic E-state index is 15.4. The predicted molar refractivity (Wildman–Crippen MR) is 169 cm³/mol. The zero-order valence-corrected chi connectivity index (χ0v) is 28.4. The first-order valence-corrected chi connectivity index (χ1v) is 16.3. The van der Waals surface area contributed by atoms with Crippen LogP contribution in [0.3, 0.4) is 0 Å². The maximum atomic E-state index is 15.4. The highest BCUT2D eigenvalue weighted by molar-refractivity contribution is 7.93. The van der Waals surface area contributed by atoms with E-state index in [0.717, 1.165) is 12.1 Å². The number of hydrogen-bond donors (Lipinski definition) is 0. The minimum atomic E-state index is -5.05. The Hall–Kier alpha value is -4.05. The minimum absolute atomic E-state index is 0.0716. The van der Waals surface area contributed by atoms with Gasteiger partial charge in [0.15, 0.2) is 5.54 Å². The second-order valence-electron chi connectivity index (χ2n) is 11.3. The minimum Gasteiger partial charge on any atom is -0.497 e. The van der Waals surface area contributed by atoms with E-state index < -0.39 is 66.9 Å². The molecule has 0 aromatic heterocycles. The van der Waals surface area contributed by atoms with E-state index in [-0.39, 0.29) is 41.3 Å². The summed E-state index contributed by atoms with van der Waals surface area (Å²) < 4.78 is 94.7. The predicted octanol–water partition coefficient (Wildman–Crippen LogP) is 4.54. The number of carbonyl (C=O) groups excluding carboxylic acids is 2. The van der Waals surface area contributed by atoms with E-state index in [1.165, 1.54) is 76.6 Å². The molecule has 0 radical (unpaired) electrons. The highest BCUT2D eigenvalue weighted by Gasteiger charge is 2.64. The van der Waals surface area contributed by atoms with Crippen LogP contribution in [0.2, 0.25) is 5.02 Å². The van der Waals surface area contributed by atoms with E-state index in [0.29, 0.717) is 10.4 Å². The quantitative estimate of drug-likeness (QED) is 0.316. The number of para-hydroxylation sites is 1. The summed E-state index contributed by atoms with van der Waals surface area (Å²) in [6, 6.07) is 10.3. The molecule has 3 atom stereocenters. The molecule has 16 heteroatoms. The van der Waals surface area contributed by atoms with E-state index in [1.807, 2.05) is 0 Å². The zero-order chi connectivity index (χ0) is 35.3. The van der Waals surface area contributed by atoms with Crippen LogP contribution in [0.5, 0.6) is 17.2 Å². The Bertz CT molecular complexity index is 1870. The van der Waals surface area contributed by atoms with E-state index in [4.69, 9.17) is 30.5 Å². The van der Waals surface area contributed by atoms with Crippen molar-refractivity contribution in [3.63, 3.8) is 0 Å². The zero-order valence-electron chi connectivity index (χ0n) is 26.8. The summed E-state index contributed by atoms with van der Waals surface area (Å²) in [6.07, 6.45) is -5.57. The van der Waals surface area contributed by atoms with Crippen molar-refractivity contribution in [1.82, 2.24) is 9.80 Å². The highest BCUT2D eigenvalue weighted by atomic mass is 35.5. The van der Waals surface area contributed by atoms with Crippen LogP contribution < -0.4 is 18.5 Å². The molecule has 1 saturated heterocycles. The topological polar surface area (TPSA) is 115 Å². The van der Waals surface area contributed by atoms with E-state index >= 15 is 4.79 Å². The van der Waals surface area contributed by atoms with Crippen molar-refractivity contribution < 1.29 is 50.1 Å². The third kappa shape index (κ3) is 5.42. The van der Waals surface area contributed by atoms with Crippen LogP contribution in [0.1, 0.15) is 23.1 Å². The van der Waals surface area contributed by atoms with E-state index in [1.54, 1.807) is 12.1 Å². The van der Waals surface area contributed by atoms with E-state index in [9.17, 15) is 26.4 Å². The second-order valence-corrected chi connectivity index (χ2v) is 13.5. The molecular weight excluding hydrogens is 679 g/mol. The Morgan fingerprint density at radius 3 is 2.21 bits per heavy atom. The molecule has 2 aliphatic rings. The number of benzene rings is 3. The van der Waals surface area contributed by atoms with Crippen LogP contribution in [0.15, 0.2) is 59.5 Å². The van der Waals surface area contributed by atoms with Crippen molar-refractivity contribution in [2.45, 2.75) is 35.2 Å². The number of carbonyl (C=O) groups is 2. The molecule has 48 heavy (non-hydrogen) atoms. The first-order valence-electron chi connectivity index (χ1n) is 14.5. The molecule has 0 spiro atoms. The lowest BCUT2D eigenvalue weighted by atomic mass is 9.80. The molecule has 2 amide bonds. The lowest BCUT2D eigenvalue weighted by Crippen LogP contribution is -2.59. The van der Waals surface area contributed by atoms with Gasteiger partial charge in [-0.2, -0.15) is 13.2 Å². The highest BCUT2D eigenvalue weighted by Crippen LogP contribution is 2.56. The van der Waals surface area contributed by atoms with Gasteiger partial charge in [-0.05, 0) is 36.8 Å². The molecule has 1 fully saturated rings. The molecule has 1 unspecified atom stereocenters. The van der Waals surface area contributed by atoms with E-state index in [2.05, 4.69) is 0 Å². The molecule has 3 aromatic carbocycles. The molecule has 0 aliphatic carbocycles. The van der Waals surface area contributed by atoms with Crippen molar-refractivity contribution in [1.29, 1.82) is 0 Å². The van der Waals surface area contributed by atoms with Crippen LogP contribution in [-0.2, 0) is 36.1 Å². The summed E-state index contributed by atoms with van der Waals surface area (Å²) in [6.45, 7) is -0.0949. The average molecular weight is 712 g/mol. The van der Waals surface area contributed by atoms with Crippen molar-refractivity contribution >= 4 is 39.1 Å². The van der Waals surface area contributed by atoms with Gasteiger partial charge in [0.1, 0.15) is 22.1 Å². The first kappa shape index (κ1) is 35.3. The standard InChI is InChI=1S/C32H33ClF3N3O8S/c1-37(2)29(40)25-13-19(45-4)17-38(25)31(20-9-7-8-10-26(20)46-5)22-15-23(33)21(32(34,35)36)16-24(22)39(30(31)41)48(42,43)28-12-11-18(44-3)14-27(28)47-6/h7-12,14-16,19,25H,13,17H2,1-6H3/t19-,25+,31?/m1/s1. The van der Waals surface area contributed by atoms with Gasteiger partial charge >= 0.3 is 6.18 Å².